The number of hydrogen-bond acceptors (Lipinski definition) is 10. The normalized spacial score (nSPS) is 11.7. The molecule has 5 nitrogen and oxygen atoms in total. The van der Waals surface area contributed by atoms with Crippen LogP contribution in [0.3, 0.4) is 0 Å². The molecule has 0 fully saturated rings. The van der Waals surface area contributed by atoms with Gasteiger partial charge in [-0.2, -0.15) is 0 Å². The van der Waals surface area contributed by atoms with E-state index >= 15 is 0 Å². The van der Waals surface area contributed by atoms with Gasteiger partial charge in [0.15, 0.2) is 0 Å². The summed E-state index contributed by atoms with van der Waals surface area (Å²) in [6, 6.07) is 0.833. The Morgan fingerprint density at radius 1 is 0.958 bits per heavy atom. The Morgan fingerprint density at radius 3 is 1.96 bits per heavy atom. The highest BCUT2D eigenvalue weighted by atomic mass is 33.7. The van der Waals surface area contributed by atoms with Crippen molar-refractivity contribution in [1.82, 2.24) is 3.71 Å². The first-order chi connectivity index (χ1) is 11.6. The van der Waals surface area contributed by atoms with Crippen LogP contribution in [-0.4, -0.2) is 55.8 Å². The molecule has 0 rings (SSSR count). The van der Waals surface area contributed by atoms with Gasteiger partial charge in [0.1, 0.15) is 0 Å². The maximum Gasteiger partial charge on any atom is 0.500 e. The second-order valence-electron chi connectivity index (χ2n) is 4.02. The molecule has 0 bridgehead atoms. The van der Waals surface area contributed by atoms with Crippen molar-refractivity contribution in [1.29, 1.82) is 0 Å². The van der Waals surface area contributed by atoms with Crippen LogP contribution in [0.5, 0.6) is 0 Å². The monoisotopic (exact) mass is 469 g/mol. The van der Waals surface area contributed by atoms with Crippen LogP contribution in [0.4, 0.5) is 4.79 Å². The molecular weight excluding hydrogens is 443 g/mol. The lowest BCUT2D eigenvalue weighted by Gasteiger charge is -2.28. The van der Waals surface area contributed by atoms with Crippen LogP contribution in [0.2, 0.25) is 6.04 Å². The Hall–Kier alpha value is 1.67. The molecule has 0 aromatic carbocycles. The molecule has 0 radical (unpaired) electrons. The Labute approximate surface area is 171 Å². The molecule has 144 valence electrons. The van der Waals surface area contributed by atoms with E-state index in [1.165, 1.54) is 44.5 Å². The van der Waals surface area contributed by atoms with Crippen LogP contribution in [0.15, 0.2) is 0 Å². The quantitative estimate of drug-likeness (QED) is 0.122. The van der Waals surface area contributed by atoms with Crippen LogP contribution < -0.4 is 0 Å². The number of amides is 1. The van der Waals surface area contributed by atoms with Crippen molar-refractivity contribution in [2.45, 2.75) is 33.2 Å². The van der Waals surface area contributed by atoms with Crippen molar-refractivity contribution in [3.8, 4) is 0 Å². The zero-order valence-electron chi connectivity index (χ0n) is 14.8. The van der Waals surface area contributed by atoms with Crippen molar-refractivity contribution in [2.24, 2.45) is 0 Å². The summed E-state index contributed by atoms with van der Waals surface area (Å²) in [5.41, 5.74) is 0. The third kappa shape index (κ3) is 11.4. The van der Waals surface area contributed by atoms with Gasteiger partial charge in [0.25, 0.3) is 0 Å². The minimum absolute atomic E-state index is 0.0589. The molecule has 24 heavy (non-hydrogen) atoms. The van der Waals surface area contributed by atoms with Crippen molar-refractivity contribution in [3.05, 3.63) is 0 Å². The molecule has 0 aliphatic heterocycles. The van der Waals surface area contributed by atoms with Gasteiger partial charge in [-0.3, -0.25) is 4.79 Å². The van der Waals surface area contributed by atoms with E-state index in [0.29, 0.717) is 19.8 Å². The molecule has 0 spiro atoms. The van der Waals surface area contributed by atoms with Gasteiger partial charge >= 0.3 is 14.0 Å². The second-order valence-corrected chi connectivity index (χ2v) is 14.3. The highest BCUT2D eigenvalue weighted by Gasteiger charge is 2.39. The van der Waals surface area contributed by atoms with E-state index in [1.54, 1.807) is 24.3 Å². The highest BCUT2D eigenvalue weighted by molar-refractivity contribution is 9.27. The first kappa shape index (κ1) is 25.7. The van der Waals surface area contributed by atoms with E-state index in [2.05, 4.69) is 0 Å². The van der Waals surface area contributed by atoms with Crippen LogP contribution in [0, 0.1) is 0 Å². The number of nitrogens with zero attached hydrogens (tertiary/aromatic N) is 1. The predicted molar refractivity (Wildman–Crippen MR) is 120 cm³/mol. The standard InChI is InChI=1S/C12H27NO4S6Si/c1-6-15-24(16-7-2,17-8-3)11-9-10-20-22-23-21-12(14)13(18-4)19-5/h6-11H2,1-5H3. The summed E-state index contributed by atoms with van der Waals surface area (Å²) in [5.74, 6) is 0.975. The first-order valence-electron chi connectivity index (χ1n) is 7.56. The summed E-state index contributed by atoms with van der Waals surface area (Å²) in [4.78, 5) is 11.8. The van der Waals surface area contributed by atoms with E-state index in [9.17, 15) is 4.79 Å². The van der Waals surface area contributed by atoms with Gasteiger partial charge in [0.2, 0.25) is 0 Å². The molecule has 0 atom stereocenters. The molecule has 0 N–H and O–H groups in total. The number of carbonyl (C=O) groups is 1. The zero-order chi connectivity index (χ0) is 18.3. The lowest BCUT2D eigenvalue weighted by molar-refractivity contribution is 0.0712. The third-order valence-corrected chi connectivity index (χ3v) is 13.8. The van der Waals surface area contributed by atoms with E-state index in [1.807, 2.05) is 33.3 Å². The molecule has 0 aliphatic carbocycles. The molecule has 0 aliphatic rings. The van der Waals surface area contributed by atoms with E-state index < -0.39 is 8.80 Å². The van der Waals surface area contributed by atoms with Gasteiger partial charge < -0.3 is 13.3 Å². The van der Waals surface area contributed by atoms with Crippen molar-refractivity contribution in [2.75, 3.05) is 38.1 Å². The number of carbonyl (C=O) groups excluding carboxylic acids is 1. The van der Waals surface area contributed by atoms with Crippen LogP contribution >= 0.6 is 65.1 Å². The Kier molecular flexibility index (Phi) is 18.0. The molecule has 0 aromatic rings. The molecule has 0 unspecified atom stereocenters. The van der Waals surface area contributed by atoms with Gasteiger partial charge in [-0.25, -0.2) is 3.71 Å². The maximum atomic E-state index is 11.8. The lowest BCUT2D eigenvalue weighted by Crippen LogP contribution is -2.46. The van der Waals surface area contributed by atoms with E-state index in [0.717, 1.165) is 18.2 Å². The molecule has 0 heterocycles. The van der Waals surface area contributed by atoms with E-state index in [4.69, 9.17) is 13.3 Å². The van der Waals surface area contributed by atoms with Crippen molar-refractivity contribution >= 4 is 79.2 Å². The maximum absolute atomic E-state index is 11.8. The fourth-order valence-corrected chi connectivity index (χ4v) is 11.6. The number of rotatable bonds is 15. The second kappa shape index (κ2) is 16.8. The largest absolute Gasteiger partial charge is 0.500 e. The van der Waals surface area contributed by atoms with Crippen molar-refractivity contribution < 1.29 is 18.1 Å². The van der Waals surface area contributed by atoms with Crippen LogP contribution in [0.25, 0.3) is 0 Å². The smallest absolute Gasteiger partial charge is 0.374 e. The van der Waals surface area contributed by atoms with Crippen molar-refractivity contribution in [3.63, 3.8) is 0 Å². The fourth-order valence-electron chi connectivity index (χ4n) is 1.70. The molecule has 0 aromatic heterocycles. The Morgan fingerprint density at radius 2 is 1.50 bits per heavy atom. The average Bonchev–Trinajstić information content (AvgIpc) is 2.56. The molecule has 0 saturated carbocycles. The Bertz CT molecular complexity index is 311. The topological polar surface area (TPSA) is 48.0 Å². The predicted octanol–water partition coefficient (Wildman–Crippen LogP) is 6.08. The summed E-state index contributed by atoms with van der Waals surface area (Å²) >= 11 is 2.85. The summed E-state index contributed by atoms with van der Waals surface area (Å²) in [5, 5.41) is 0.0589. The third-order valence-electron chi connectivity index (χ3n) is 2.47. The zero-order valence-corrected chi connectivity index (χ0v) is 20.7. The first-order valence-corrected chi connectivity index (χ1v) is 16.8. The summed E-state index contributed by atoms with van der Waals surface area (Å²) in [6.07, 6.45) is 4.77. The minimum Gasteiger partial charge on any atom is -0.374 e. The van der Waals surface area contributed by atoms with Gasteiger partial charge in [-0.15, -0.1) is 0 Å². The SMILES string of the molecule is CCO[Si](CCCSSSSC(=O)N(SC)SC)(OCC)OCC. The molecule has 12 heteroatoms. The molecule has 0 saturated heterocycles. The fraction of sp³-hybridized carbons (Fsp3) is 0.917. The van der Waals surface area contributed by atoms with Gasteiger partial charge in [-0.1, -0.05) is 10.8 Å². The summed E-state index contributed by atoms with van der Waals surface area (Å²) in [7, 11) is 3.64. The number of hydrogen-bond donors (Lipinski definition) is 0. The van der Waals surface area contributed by atoms with Crippen LogP contribution in [0.1, 0.15) is 27.2 Å². The minimum atomic E-state index is -2.51. The van der Waals surface area contributed by atoms with Crippen LogP contribution in [-0.2, 0) is 13.3 Å². The van der Waals surface area contributed by atoms with Gasteiger partial charge in [0.05, 0.1) is 0 Å². The summed E-state index contributed by atoms with van der Waals surface area (Å²) < 4.78 is 19.2. The summed E-state index contributed by atoms with van der Waals surface area (Å²) in [6.45, 7) is 7.77. The van der Waals surface area contributed by atoms with E-state index in [-0.39, 0.29) is 5.24 Å². The average molecular weight is 470 g/mol. The molecular formula is C12H27NO4S6Si. The Balaban J connectivity index is 3.95. The lowest BCUT2D eigenvalue weighted by atomic mass is 10.6. The highest BCUT2D eigenvalue weighted by Crippen LogP contribution is 2.45. The molecule has 1 amide bonds. The van der Waals surface area contributed by atoms with Gasteiger partial charge in [0, 0.05) is 54.9 Å². The van der Waals surface area contributed by atoms with Gasteiger partial charge in [-0.05, 0) is 70.7 Å².